The fourth-order valence-electron chi connectivity index (χ4n) is 4.71. The molecule has 2 heteroatoms. The summed E-state index contributed by atoms with van der Waals surface area (Å²) in [5.74, 6) is 3.08. The van der Waals surface area contributed by atoms with E-state index in [9.17, 15) is 0 Å². The molecule has 0 amide bonds. The monoisotopic (exact) mass is 250 g/mol. The molecule has 104 valence electrons. The van der Waals surface area contributed by atoms with Gasteiger partial charge in [-0.25, -0.2) is 0 Å². The Balaban J connectivity index is 1.48. The van der Waals surface area contributed by atoms with Crippen molar-refractivity contribution in [1.82, 2.24) is 10.2 Å². The maximum Gasteiger partial charge on any atom is 0.0126 e. The molecule has 0 aromatic rings. The van der Waals surface area contributed by atoms with Crippen LogP contribution in [0, 0.1) is 17.8 Å². The van der Waals surface area contributed by atoms with Crippen LogP contribution in [0.3, 0.4) is 0 Å². The summed E-state index contributed by atoms with van der Waals surface area (Å²) in [6.07, 6.45) is 10.3. The van der Waals surface area contributed by atoms with Gasteiger partial charge in [0.05, 0.1) is 0 Å². The van der Waals surface area contributed by atoms with E-state index in [1.54, 1.807) is 6.42 Å². The maximum absolute atomic E-state index is 3.62. The van der Waals surface area contributed by atoms with Crippen molar-refractivity contribution in [2.45, 2.75) is 57.9 Å². The van der Waals surface area contributed by atoms with Gasteiger partial charge >= 0.3 is 0 Å². The number of nitrogens with zero attached hydrogens (tertiary/aromatic N) is 1. The largest absolute Gasteiger partial charge is 0.316 e. The standard InChI is InChI=1S/C16H30N2/c1-2-7-17-11-14-4-3-8-18(12-14)16-10-13-5-6-15(16)9-13/h13-17H,2-12H2,1H3. The molecule has 3 rings (SSSR count). The lowest BCUT2D eigenvalue weighted by molar-refractivity contribution is 0.0883. The molecule has 2 bridgehead atoms. The van der Waals surface area contributed by atoms with Crippen LogP contribution >= 0.6 is 0 Å². The van der Waals surface area contributed by atoms with Crippen LogP contribution in [0.5, 0.6) is 0 Å². The zero-order valence-electron chi connectivity index (χ0n) is 12.0. The first-order chi connectivity index (χ1) is 8.86. The number of hydrogen-bond donors (Lipinski definition) is 1. The highest BCUT2D eigenvalue weighted by Gasteiger charge is 2.42. The molecule has 3 aliphatic rings. The molecule has 1 heterocycles. The van der Waals surface area contributed by atoms with E-state index in [1.165, 1.54) is 64.7 Å². The summed E-state index contributed by atoms with van der Waals surface area (Å²) in [4.78, 5) is 2.87. The Kier molecular flexibility index (Phi) is 4.25. The summed E-state index contributed by atoms with van der Waals surface area (Å²) < 4.78 is 0. The highest BCUT2D eigenvalue weighted by Crippen LogP contribution is 2.47. The predicted octanol–water partition coefficient (Wildman–Crippen LogP) is 2.89. The molecule has 1 aliphatic heterocycles. The molecular formula is C16H30N2. The van der Waals surface area contributed by atoms with Gasteiger partial charge < -0.3 is 5.32 Å². The third-order valence-electron chi connectivity index (χ3n) is 5.58. The first kappa shape index (κ1) is 12.9. The first-order valence-corrected chi connectivity index (χ1v) is 8.31. The molecule has 0 spiro atoms. The Bertz CT molecular complexity index is 266. The van der Waals surface area contributed by atoms with E-state index < -0.39 is 0 Å². The Hall–Kier alpha value is -0.0800. The lowest BCUT2D eigenvalue weighted by Gasteiger charge is -2.40. The molecular weight excluding hydrogens is 220 g/mol. The highest BCUT2D eigenvalue weighted by molar-refractivity contribution is 4.96. The SMILES string of the molecule is CCCNCC1CCCN(C2CC3CCC2C3)C1. The van der Waals surface area contributed by atoms with Gasteiger partial charge in [0.2, 0.25) is 0 Å². The van der Waals surface area contributed by atoms with E-state index in [1.807, 2.05) is 0 Å². The van der Waals surface area contributed by atoms with E-state index in [-0.39, 0.29) is 0 Å². The lowest BCUT2D eigenvalue weighted by atomic mass is 9.90. The van der Waals surface area contributed by atoms with Gasteiger partial charge in [-0.15, -0.1) is 0 Å². The van der Waals surface area contributed by atoms with Crippen molar-refractivity contribution < 1.29 is 0 Å². The van der Waals surface area contributed by atoms with E-state index in [0.717, 1.165) is 23.8 Å². The molecule has 0 radical (unpaired) electrons. The molecule has 18 heavy (non-hydrogen) atoms. The molecule has 4 atom stereocenters. The van der Waals surface area contributed by atoms with Crippen LogP contribution in [0.15, 0.2) is 0 Å². The average molecular weight is 250 g/mol. The molecule has 2 saturated carbocycles. The minimum Gasteiger partial charge on any atom is -0.316 e. The van der Waals surface area contributed by atoms with Crippen molar-refractivity contribution in [2.24, 2.45) is 17.8 Å². The van der Waals surface area contributed by atoms with Gasteiger partial charge in [-0.3, -0.25) is 4.90 Å². The zero-order chi connectivity index (χ0) is 12.4. The zero-order valence-corrected chi connectivity index (χ0v) is 12.0. The fraction of sp³-hybridized carbons (Fsp3) is 1.00. The highest BCUT2D eigenvalue weighted by atomic mass is 15.2. The topological polar surface area (TPSA) is 15.3 Å². The van der Waals surface area contributed by atoms with Crippen LogP contribution in [0.25, 0.3) is 0 Å². The first-order valence-electron chi connectivity index (χ1n) is 8.31. The molecule has 2 aliphatic carbocycles. The molecule has 1 N–H and O–H groups in total. The Labute approximate surface area is 113 Å². The van der Waals surface area contributed by atoms with Crippen LogP contribution in [0.1, 0.15) is 51.9 Å². The molecule has 0 aromatic heterocycles. The predicted molar refractivity (Wildman–Crippen MR) is 76.7 cm³/mol. The smallest absolute Gasteiger partial charge is 0.0126 e. The van der Waals surface area contributed by atoms with E-state index in [2.05, 4.69) is 17.1 Å². The Morgan fingerprint density at radius 2 is 2.11 bits per heavy atom. The fourth-order valence-corrected chi connectivity index (χ4v) is 4.71. The second-order valence-electron chi connectivity index (χ2n) is 6.95. The van der Waals surface area contributed by atoms with E-state index in [4.69, 9.17) is 0 Å². The minimum absolute atomic E-state index is 0.921. The summed E-state index contributed by atoms with van der Waals surface area (Å²) >= 11 is 0. The van der Waals surface area contributed by atoms with Crippen LogP contribution in [0.4, 0.5) is 0 Å². The van der Waals surface area contributed by atoms with Crippen LogP contribution in [-0.2, 0) is 0 Å². The number of piperidine rings is 1. The number of hydrogen-bond acceptors (Lipinski definition) is 2. The number of fused-ring (bicyclic) bond motifs is 2. The molecule has 0 aromatic carbocycles. The lowest BCUT2D eigenvalue weighted by Crippen LogP contribution is -2.47. The molecule has 3 fully saturated rings. The Morgan fingerprint density at radius 1 is 1.17 bits per heavy atom. The molecule has 4 unspecified atom stereocenters. The molecule has 1 saturated heterocycles. The van der Waals surface area contributed by atoms with Gasteiger partial charge in [0, 0.05) is 12.6 Å². The summed E-state index contributed by atoms with van der Waals surface area (Å²) in [7, 11) is 0. The van der Waals surface area contributed by atoms with Crippen molar-refractivity contribution in [3.63, 3.8) is 0 Å². The quantitative estimate of drug-likeness (QED) is 0.755. The van der Waals surface area contributed by atoms with E-state index in [0.29, 0.717) is 0 Å². The molecule has 2 nitrogen and oxygen atoms in total. The van der Waals surface area contributed by atoms with Gasteiger partial charge in [0.25, 0.3) is 0 Å². The van der Waals surface area contributed by atoms with Crippen molar-refractivity contribution in [1.29, 1.82) is 0 Å². The summed E-state index contributed by atoms with van der Waals surface area (Å²) in [6.45, 7) is 7.48. The normalized spacial score (nSPS) is 40.5. The van der Waals surface area contributed by atoms with Crippen LogP contribution in [-0.4, -0.2) is 37.1 Å². The number of rotatable bonds is 5. The van der Waals surface area contributed by atoms with Gasteiger partial charge in [0.15, 0.2) is 0 Å². The van der Waals surface area contributed by atoms with Crippen molar-refractivity contribution in [2.75, 3.05) is 26.2 Å². The van der Waals surface area contributed by atoms with Crippen molar-refractivity contribution in [3.8, 4) is 0 Å². The van der Waals surface area contributed by atoms with E-state index >= 15 is 0 Å². The summed E-state index contributed by atoms with van der Waals surface area (Å²) in [6, 6.07) is 0.970. The third-order valence-corrected chi connectivity index (χ3v) is 5.58. The minimum atomic E-state index is 0.921. The Morgan fingerprint density at radius 3 is 2.83 bits per heavy atom. The van der Waals surface area contributed by atoms with Crippen molar-refractivity contribution >= 4 is 0 Å². The average Bonchev–Trinajstić information content (AvgIpc) is 3.02. The van der Waals surface area contributed by atoms with Crippen LogP contribution in [0.2, 0.25) is 0 Å². The second kappa shape index (κ2) is 5.92. The third kappa shape index (κ3) is 2.75. The number of nitrogens with one attached hydrogen (secondary N) is 1. The summed E-state index contributed by atoms with van der Waals surface area (Å²) in [5, 5.41) is 3.62. The van der Waals surface area contributed by atoms with Gasteiger partial charge in [0.1, 0.15) is 0 Å². The van der Waals surface area contributed by atoms with Crippen LogP contribution < -0.4 is 5.32 Å². The van der Waals surface area contributed by atoms with Gasteiger partial charge in [-0.2, -0.15) is 0 Å². The van der Waals surface area contributed by atoms with Gasteiger partial charge in [-0.05, 0) is 75.9 Å². The van der Waals surface area contributed by atoms with Gasteiger partial charge in [-0.1, -0.05) is 13.3 Å². The summed E-state index contributed by atoms with van der Waals surface area (Å²) in [5.41, 5.74) is 0. The number of likely N-dealkylation sites (tertiary alicyclic amines) is 1. The maximum atomic E-state index is 3.62. The second-order valence-corrected chi connectivity index (χ2v) is 6.95. The van der Waals surface area contributed by atoms with Crippen molar-refractivity contribution in [3.05, 3.63) is 0 Å².